The Balaban J connectivity index is 2.35. The molecule has 104 valence electrons. The molecule has 0 radical (unpaired) electrons. The molecule has 1 amide bonds. The van der Waals surface area contributed by atoms with E-state index in [1.807, 2.05) is 29.2 Å². The smallest absolute Gasteiger partial charge is 0.303 e. The molecule has 0 aliphatic rings. The minimum Gasteiger partial charge on any atom is -0.481 e. The summed E-state index contributed by atoms with van der Waals surface area (Å²) in [6.07, 6.45) is 0.671. The number of carbonyl (C=O) groups excluding carboxylic acids is 1. The number of para-hydroxylation sites is 1. The van der Waals surface area contributed by atoms with Crippen molar-refractivity contribution in [3.8, 4) is 0 Å². The quantitative estimate of drug-likeness (QED) is 0.715. The fraction of sp³-hybridized carbons (Fsp3) is 0.385. The maximum atomic E-state index is 11.8. The van der Waals surface area contributed by atoms with Crippen molar-refractivity contribution in [1.82, 2.24) is 4.90 Å². The Labute approximate surface area is 126 Å². The molecule has 5 nitrogen and oxygen atoms in total. The number of carboxylic acid groups (broad SMARTS) is 1. The van der Waals surface area contributed by atoms with Crippen molar-refractivity contribution in [2.24, 2.45) is 0 Å². The first-order chi connectivity index (χ1) is 8.99. The van der Waals surface area contributed by atoms with Gasteiger partial charge in [-0.1, -0.05) is 12.1 Å². The number of rotatable bonds is 7. The fourth-order valence-corrected chi connectivity index (χ4v) is 2.10. The second-order valence-corrected chi connectivity index (χ2v) is 5.43. The lowest BCUT2D eigenvalue weighted by Gasteiger charge is -2.16. The monoisotopic (exact) mass is 376 g/mol. The molecule has 0 aromatic heterocycles. The van der Waals surface area contributed by atoms with E-state index in [0.717, 1.165) is 9.26 Å². The minimum absolute atomic E-state index is 0.0954. The van der Waals surface area contributed by atoms with Gasteiger partial charge >= 0.3 is 5.97 Å². The van der Waals surface area contributed by atoms with E-state index in [9.17, 15) is 9.59 Å². The van der Waals surface area contributed by atoms with Crippen LogP contribution in [0.1, 0.15) is 12.8 Å². The minimum atomic E-state index is -0.809. The maximum absolute atomic E-state index is 11.8. The van der Waals surface area contributed by atoms with Gasteiger partial charge in [-0.05, 0) is 54.7 Å². The van der Waals surface area contributed by atoms with Crippen LogP contribution in [0.15, 0.2) is 24.3 Å². The lowest BCUT2D eigenvalue weighted by atomic mass is 10.3. The summed E-state index contributed by atoms with van der Waals surface area (Å²) in [4.78, 5) is 24.0. The van der Waals surface area contributed by atoms with Gasteiger partial charge in [0.2, 0.25) is 5.91 Å². The molecular formula is C13H17IN2O3. The summed E-state index contributed by atoms with van der Waals surface area (Å²) >= 11 is 2.16. The average molecular weight is 376 g/mol. The average Bonchev–Trinajstić information content (AvgIpc) is 2.31. The first-order valence-corrected chi connectivity index (χ1v) is 7.01. The molecule has 0 aliphatic heterocycles. The van der Waals surface area contributed by atoms with E-state index in [1.54, 1.807) is 7.05 Å². The molecule has 1 aromatic carbocycles. The standard InChI is InChI=1S/C13H17IN2O3/c1-16(8-4-7-13(18)19)9-12(17)15-11-6-3-2-5-10(11)14/h2-3,5-6H,4,7-9H2,1H3,(H,15,17)(H,18,19). The molecule has 2 N–H and O–H groups in total. The van der Waals surface area contributed by atoms with E-state index >= 15 is 0 Å². The summed E-state index contributed by atoms with van der Waals surface area (Å²) in [5.41, 5.74) is 0.798. The predicted molar refractivity (Wildman–Crippen MR) is 82.2 cm³/mol. The Hall–Kier alpha value is -1.15. The van der Waals surface area contributed by atoms with E-state index in [0.29, 0.717) is 13.0 Å². The second-order valence-electron chi connectivity index (χ2n) is 4.26. The Kier molecular flexibility index (Phi) is 6.79. The Bertz CT molecular complexity index is 451. The van der Waals surface area contributed by atoms with E-state index in [-0.39, 0.29) is 18.9 Å². The van der Waals surface area contributed by atoms with Crippen LogP contribution in [0.3, 0.4) is 0 Å². The van der Waals surface area contributed by atoms with E-state index in [2.05, 4.69) is 27.9 Å². The number of carbonyl (C=O) groups is 2. The lowest BCUT2D eigenvalue weighted by Crippen LogP contribution is -2.31. The van der Waals surface area contributed by atoms with Crippen molar-refractivity contribution in [3.63, 3.8) is 0 Å². The summed E-state index contributed by atoms with van der Waals surface area (Å²) < 4.78 is 0.988. The molecule has 19 heavy (non-hydrogen) atoms. The summed E-state index contributed by atoms with van der Waals surface area (Å²) in [7, 11) is 1.80. The van der Waals surface area contributed by atoms with Crippen LogP contribution >= 0.6 is 22.6 Å². The normalized spacial score (nSPS) is 10.5. The fourth-order valence-electron chi connectivity index (χ4n) is 1.58. The van der Waals surface area contributed by atoms with Gasteiger partial charge in [-0.3, -0.25) is 14.5 Å². The number of hydrogen-bond acceptors (Lipinski definition) is 3. The zero-order chi connectivity index (χ0) is 14.3. The van der Waals surface area contributed by atoms with Gasteiger partial charge < -0.3 is 10.4 Å². The maximum Gasteiger partial charge on any atom is 0.303 e. The third kappa shape index (κ3) is 6.53. The molecule has 1 rings (SSSR count). The van der Waals surface area contributed by atoms with Crippen molar-refractivity contribution in [2.75, 3.05) is 25.5 Å². The van der Waals surface area contributed by atoms with Gasteiger partial charge in [0, 0.05) is 9.99 Å². The highest BCUT2D eigenvalue weighted by Gasteiger charge is 2.08. The summed E-state index contributed by atoms with van der Waals surface area (Å²) in [6.45, 7) is 0.843. The van der Waals surface area contributed by atoms with Crippen LogP contribution in [0.5, 0.6) is 0 Å². The number of carboxylic acids is 1. The van der Waals surface area contributed by atoms with E-state index < -0.39 is 5.97 Å². The summed E-state index contributed by atoms with van der Waals surface area (Å²) in [5, 5.41) is 11.4. The Morgan fingerprint density at radius 2 is 2.05 bits per heavy atom. The van der Waals surface area contributed by atoms with Crippen molar-refractivity contribution in [3.05, 3.63) is 27.8 Å². The second kappa shape index (κ2) is 8.11. The predicted octanol–water partition coefficient (Wildman–Crippen LogP) is 2.03. The number of amides is 1. The third-order valence-electron chi connectivity index (χ3n) is 2.49. The Morgan fingerprint density at radius 3 is 2.68 bits per heavy atom. The van der Waals surface area contributed by atoms with Crippen molar-refractivity contribution >= 4 is 40.2 Å². The number of benzene rings is 1. The van der Waals surface area contributed by atoms with Gasteiger partial charge in [-0.2, -0.15) is 0 Å². The molecule has 0 spiro atoms. The first kappa shape index (κ1) is 15.9. The molecule has 0 bridgehead atoms. The number of likely N-dealkylation sites (N-methyl/N-ethyl adjacent to an activating group) is 1. The molecule has 0 saturated carbocycles. The van der Waals surface area contributed by atoms with Crippen molar-refractivity contribution in [2.45, 2.75) is 12.8 Å². The zero-order valence-corrected chi connectivity index (χ0v) is 12.9. The van der Waals surface area contributed by atoms with Crippen LogP contribution in [-0.4, -0.2) is 42.0 Å². The molecule has 0 heterocycles. The van der Waals surface area contributed by atoms with E-state index in [1.165, 1.54) is 0 Å². The third-order valence-corrected chi connectivity index (χ3v) is 3.43. The van der Waals surface area contributed by atoms with Crippen LogP contribution in [0, 0.1) is 3.57 Å². The van der Waals surface area contributed by atoms with E-state index in [4.69, 9.17) is 5.11 Å². The van der Waals surface area contributed by atoms with Crippen LogP contribution in [-0.2, 0) is 9.59 Å². The van der Waals surface area contributed by atoms with Crippen molar-refractivity contribution in [1.29, 1.82) is 0 Å². The number of hydrogen-bond donors (Lipinski definition) is 2. The molecule has 0 fully saturated rings. The molecule has 6 heteroatoms. The van der Waals surface area contributed by atoms with Gasteiger partial charge in [0.1, 0.15) is 0 Å². The zero-order valence-electron chi connectivity index (χ0n) is 10.7. The highest BCUT2D eigenvalue weighted by molar-refractivity contribution is 14.1. The molecular weight excluding hydrogens is 359 g/mol. The summed E-state index contributed by atoms with van der Waals surface area (Å²) in [6, 6.07) is 7.56. The highest BCUT2D eigenvalue weighted by Crippen LogP contribution is 2.16. The number of nitrogens with zero attached hydrogens (tertiary/aromatic N) is 1. The van der Waals surface area contributed by atoms with Gasteiger partial charge in [0.15, 0.2) is 0 Å². The van der Waals surface area contributed by atoms with Gasteiger partial charge in [0.05, 0.1) is 12.2 Å². The number of nitrogens with one attached hydrogen (secondary N) is 1. The highest BCUT2D eigenvalue weighted by atomic mass is 127. The molecule has 0 aliphatic carbocycles. The van der Waals surface area contributed by atoms with Gasteiger partial charge in [-0.25, -0.2) is 0 Å². The van der Waals surface area contributed by atoms with Gasteiger partial charge in [-0.15, -0.1) is 0 Å². The van der Waals surface area contributed by atoms with Gasteiger partial charge in [0.25, 0.3) is 0 Å². The lowest BCUT2D eigenvalue weighted by molar-refractivity contribution is -0.137. The number of anilines is 1. The largest absolute Gasteiger partial charge is 0.481 e. The van der Waals surface area contributed by atoms with Crippen LogP contribution in [0.4, 0.5) is 5.69 Å². The first-order valence-electron chi connectivity index (χ1n) is 5.93. The molecule has 0 atom stereocenters. The number of aliphatic carboxylic acids is 1. The molecule has 0 unspecified atom stereocenters. The van der Waals surface area contributed by atoms with Crippen molar-refractivity contribution < 1.29 is 14.7 Å². The topological polar surface area (TPSA) is 69.6 Å². The SMILES string of the molecule is CN(CCCC(=O)O)CC(=O)Nc1ccccc1I. The van der Waals surface area contributed by atoms with Crippen LogP contribution < -0.4 is 5.32 Å². The van der Waals surface area contributed by atoms with Crippen LogP contribution in [0.2, 0.25) is 0 Å². The number of halogens is 1. The molecule has 0 saturated heterocycles. The molecule has 1 aromatic rings. The summed E-state index contributed by atoms with van der Waals surface area (Å²) in [5.74, 6) is -0.904. The van der Waals surface area contributed by atoms with Crippen LogP contribution in [0.25, 0.3) is 0 Å². The Morgan fingerprint density at radius 1 is 1.37 bits per heavy atom.